The standard InChI is InChI=1S/C12H15NOS.ClH/c1-2-14-11-3-4-12-10(6-8-15-12)9(11)5-7-13;/h3-4,6,8H,2,5,7,13H2,1H3;1H. The van der Waals surface area contributed by atoms with Crippen molar-refractivity contribution in [2.45, 2.75) is 13.3 Å². The minimum absolute atomic E-state index is 0. The van der Waals surface area contributed by atoms with Crippen LogP contribution in [-0.2, 0) is 6.42 Å². The lowest BCUT2D eigenvalue weighted by molar-refractivity contribution is 0.337. The van der Waals surface area contributed by atoms with E-state index in [0.717, 1.165) is 12.2 Å². The highest BCUT2D eigenvalue weighted by Crippen LogP contribution is 2.31. The molecule has 0 saturated carbocycles. The van der Waals surface area contributed by atoms with Gasteiger partial charge >= 0.3 is 0 Å². The highest BCUT2D eigenvalue weighted by atomic mass is 35.5. The molecule has 1 aromatic carbocycles. The van der Waals surface area contributed by atoms with E-state index >= 15 is 0 Å². The van der Waals surface area contributed by atoms with Gasteiger partial charge in [0, 0.05) is 10.3 Å². The Kier molecular flexibility index (Phi) is 5.06. The summed E-state index contributed by atoms with van der Waals surface area (Å²) in [7, 11) is 0. The molecule has 88 valence electrons. The molecular formula is C12H16ClNOS. The van der Waals surface area contributed by atoms with Crippen LogP contribution in [0, 0.1) is 0 Å². The van der Waals surface area contributed by atoms with Crippen molar-refractivity contribution in [3.8, 4) is 5.75 Å². The summed E-state index contributed by atoms with van der Waals surface area (Å²) in [6, 6.07) is 6.31. The van der Waals surface area contributed by atoms with Crippen LogP contribution in [0.15, 0.2) is 23.6 Å². The van der Waals surface area contributed by atoms with Crippen LogP contribution in [0.5, 0.6) is 5.75 Å². The molecule has 2 nitrogen and oxygen atoms in total. The number of benzene rings is 1. The summed E-state index contributed by atoms with van der Waals surface area (Å²) in [5.74, 6) is 0.980. The number of hydrogen-bond acceptors (Lipinski definition) is 3. The summed E-state index contributed by atoms with van der Waals surface area (Å²) in [5, 5.41) is 3.40. The number of nitrogens with two attached hydrogens (primary N) is 1. The maximum atomic E-state index is 5.63. The Balaban J connectivity index is 0.00000128. The normalized spacial score (nSPS) is 10.1. The number of hydrogen-bond donors (Lipinski definition) is 1. The number of halogens is 1. The molecule has 0 spiro atoms. The zero-order valence-corrected chi connectivity index (χ0v) is 10.9. The smallest absolute Gasteiger partial charge is 0.123 e. The number of rotatable bonds is 4. The zero-order chi connectivity index (χ0) is 10.7. The Hall–Kier alpha value is -0.770. The monoisotopic (exact) mass is 257 g/mol. The molecule has 1 aromatic heterocycles. The van der Waals surface area contributed by atoms with E-state index in [2.05, 4.69) is 17.5 Å². The molecule has 0 aliphatic carbocycles. The second kappa shape index (κ2) is 6.09. The fourth-order valence-corrected chi connectivity index (χ4v) is 2.59. The van der Waals surface area contributed by atoms with Gasteiger partial charge in [-0.3, -0.25) is 0 Å². The van der Waals surface area contributed by atoms with Gasteiger partial charge in [-0.25, -0.2) is 0 Å². The predicted octanol–water partition coefficient (Wildman–Crippen LogP) is 3.22. The lowest BCUT2D eigenvalue weighted by atomic mass is 10.1. The van der Waals surface area contributed by atoms with E-state index in [1.807, 2.05) is 13.0 Å². The summed E-state index contributed by atoms with van der Waals surface area (Å²) in [4.78, 5) is 0. The second-order valence-electron chi connectivity index (χ2n) is 3.35. The summed E-state index contributed by atoms with van der Waals surface area (Å²) in [6.07, 6.45) is 0.878. The summed E-state index contributed by atoms with van der Waals surface area (Å²) in [6.45, 7) is 3.37. The fourth-order valence-electron chi connectivity index (χ4n) is 1.78. The van der Waals surface area contributed by atoms with E-state index in [1.165, 1.54) is 15.6 Å². The SMILES string of the molecule is CCOc1ccc2sccc2c1CCN.Cl. The van der Waals surface area contributed by atoms with Gasteiger partial charge in [0.15, 0.2) is 0 Å². The highest BCUT2D eigenvalue weighted by molar-refractivity contribution is 7.17. The van der Waals surface area contributed by atoms with Crippen LogP contribution in [0.25, 0.3) is 10.1 Å². The Bertz CT molecular complexity index is 455. The first kappa shape index (κ1) is 13.3. The van der Waals surface area contributed by atoms with Crippen molar-refractivity contribution in [2.24, 2.45) is 5.73 Å². The van der Waals surface area contributed by atoms with E-state index < -0.39 is 0 Å². The van der Waals surface area contributed by atoms with Crippen LogP contribution in [0.2, 0.25) is 0 Å². The first-order chi connectivity index (χ1) is 7.36. The molecule has 0 aliphatic rings. The van der Waals surface area contributed by atoms with Gasteiger partial charge in [0.25, 0.3) is 0 Å². The third kappa shape index (κ3) is 2.48. The van der Waals surface area contributed by atoms with Crippen LogP contribution in [0.4, 0.5) is 0 Å². The lowest BCUT2D eigenvalue weighted by Crippen LogP contribution is -2.05. The van der Waals surface area contributed by atoms with Crippen LogP contribution in [0.1, 0.15) is 12.5 Å². The van der Waals surface area contributed by atoms with Crippen molar-refractivity contribution < 1.29 is 4.74 Å². The van der Waals surface area contributed by atoms with Crippen molar-refractivity contribution >= 4 is 33.8 Å². The summed E-state index contributed by atoms with van der Waals surface area (Å²) in [5.41, 5.74) is 6.88. The minimum atomic E-state index is 0. The second-order valence-corrected chi connectivity index (χ2v) is 4.29. The Labute approximate surface area is 106 Å². The van der Waals surface area contributed by atoms with Gasteiger partial charge in [0.05, 0.1) is 6.61 Å². The van der Waals surface area contributed by atoms with Gasteiger partial charge in [0.2, 0.25) is 0 Å². The van der Waals surface area contributed by atoms with E-state index in [0.29, 0.717) is 13.2 Å². The molecule has 2 aromatic rings. The number of fused-ring (bicyclic) bond motifs is 1. The molecule has 0 radical (unpaired) electrons. The van der Waals surface area contributed by atoms with E-state index in [9.17, 15) is 0 Å². The molecule has 0 fully saturated rings. The fraction of sp³-hybridized carbons (Fsp3) is 0.333. The first-order valence-corrected chi connectivity index (χ1v) is 6.06. The van der Waals surface area contributed by atoms with Crippen molar-refractivity contribution in [1.29, 1.82) is 0 Å². The highest BCUT2D eigenvalue weighted by Gasteiger charge is 2.08. The van der Waals surface area contributed by atoms with Gasteiger partial charge < -0.3 is 10.5 Å². The van der Waals surface area contributed by atoms with Crippen molar-refractivity contribution in [1.82, 2.24) is 0 Å². The predicted molar refractivity (Wildman–Crippen MR) is 73.0 cm³/mol. The minimum Gasteiger partial charge on any atom is -0.494 e. The third-order valence-electron chi connectivity index (χ3n) is 2.40. The first-order valence-electron chi connectivity index (χ1n) is 5.18. The van der Waals surface area contributed by atoms with E-state index in [4.69, 9.17) is 10.5 Å². The average molecular weight is 258 g/mol. The van der Waals surface area contributed by atoms with E-state index in [1.54, 1.807) is 11.3 Å². The molecule has 0 amide bonds. The molecule has 0 saturated heterocycles. The van der Waals surface area contributed by atoms with Gasteiger partial charge in [-0.2, -0.15) is 0 Å². The summed E-state index contributed by atoms with van der Waals surface area (Å²) >= 11 is 1.76. The van der Waals surface area contributed by atoms with Crippen molar-refractivity contribution in [3.63, 3.8) is 0 Å². The molecule has 0 aliphatic heterocycles. The maximum absolute atomic E-state index is 5.63. The van der Waals surface area contributed by atoms with Crippen molar-refractivity contribution in [3.05, 3.63) is 29.1 Å². The quantitative estimate of drug-likeness (QED) is 0.913. The van der Waals surface area contributed by atoms with Gasteiger partial charge in [-0.15, -0.1) is 23.7 Å². The van der Waals surface area contributed by atoms with Crippen LogP contribution < -0.4 is 10.5 Å². The average Bonchev–Trinajstić information content (AvgIpc) is 2.70. The molecule has 0 bridgehead atoms. The zero-order valence-electron chi connectivity index (χ0n) is 9.23. The maximum Gasteiger partial charge on any atom is 0.123 e. The summed E-state index contributed by atoms with van der Waals surface area (Å²) < 4.78 is 6.92. The number of ether oxygens (including phenoxy) is 1. The van der Waals surface area contributed by atoms with Gasteiger partial charge in [-0.1, -0.05) is 0 Å². The molecule has 2 N–H and O–H groups in total. The molecule has 0 atom stereocenters. The third-order valence-corrected chi connectivity index (χ3v) is 3.28. The van der Waals surface area contributed by atoms with Gasteiger partial charge in [0.1, 0.15) is 5.75 Å². The molecule has 2 rings (SSSR count). The van der Waals surface area contributed by atoms with Gasteiger partial charge in [-0.05, 0) is 48.9 Å². The van der Waals surface area contributed by atoms with Crippen LogP contribution in [0.3, 0.4) is 0 Å². The van der Waals surface area contributed by atoms with Crippen LogP contribution in [-0.4, -0.2) is 13.2 Å². The largest absolute Gasteiger partial charge is 0.494 e. The Morgan fingerprint density at radius 3 is 2.81 bits per heavy atom. The lowest BCUT2D eigenvalue weighted by Gasteiger charge is -2.10. The molecule has 16 heavy (non-hydrogen) atoms. The Morgan fingerprint density at radius 2 is 2.12 bits per heavy atom. The van der Waals surface area contributed by atoms with Crippen LogP contribution >= 0.6 is 23.7 Å². The van der Waals surface area contributed by atoms with E-state index in [-0.39, 0.29) is 12.4 Å². The molecule has 4 heteroatoms. The molecular weight excluding hydrogens is 242 g/mol. The topological polar surface area (TPSA) is 35.2 Å². The molecule has 1 heterocycles. The van der Waals surface area contributed by atoms with Crippen molar-refractivity contribution in [2.75, 3.05) is 13.2 Å². The Morgan fingerprint density at radius 1 is 1.31 bits per heavy atom. The molecule has 0 unspecified atom stereocenters. The number of thiophene rings is 1.